The molecule has 2 N–H and O–H groups in total. The van der Waals surface area contributed by atoms with Gasteiger partial charge in [-0.05, 0) is 50.4 Å². The van der Waals surface area contributed by atoms with Gasteiger partial charge in [0.25, 0.3) is 0 Å². The van der Waals surface area contributed by atoms with Gasteiger partial charge in [-0.2, -0.15) is 0 Å². The summed E-state index contributed by atoms with van der Waals surface area (Å²) < 4.78 is 0. The molecule has 4 nitrogen and oxygen atoms in total. The first-order valence-electron chi connectivity index (χ1n) is 8.25. The molecular formula is C16H24N2O2S. The summed E-state index contributed by atoms with van der Waals surface area (Å²) >= 11 is 1.91. The van der Waals surface area contributed by atoms with E-state index in [0.717, 1.165) is 38.9 Å². The number of rotatable bonds is 2. The molecule has 2 heterocycles. The maximum absolute atomic E-state index is 9.83. The largest absolute Gasteiger partial charge is 0.390 e. The van der Waals surface area contributed by atoms with Crippen molar-refractivity contribution >= 4 is 11.3 Å². The van der Waals surface area contributed by atoms with E-state index >= 15 is 0 Å². The fraction of sp³-hybridized carbons (Fsp3) is 0.812. The molecule has 1 aromatic heterocycles. The van der Waals surface area contributed by atoms with E-state index in [1.807, 2.05) is 11.3 Å². The Labute approximate surface area is 129 Å². The van der Waals surface area contributed by atoms with Crippen molar-refractivity contribution in [2.24, 2.45) is 11.8 Å². The minimum atomic E-state index is -0.515. The smallest absolute Gasteiger partial charge is 0.107 e. The maximum Gasteiger partial charge on any atom is 0.107 e. The Morgan fingerprint density at radius 2 is 1.71 bits per heavy atom. The first-order chi connectivity index (χ1) is 10.2. The van der Waals surface area contributed by atoms with Crippen molar-refractivity contribution in [3.63, 3.8) is 0 Å². The quantitative estimate of drug-likeness (QED) is 0.871. The van der Waals surface area contributed by atoms with Gasteiger partial charge in [0.2, 0.25) is 0 Å². The van der Waals surface area contributed by atoms with Crippen LogP contribution in [0.1, 0.15) is 41.3 Å². The van der Waals surface area contributed by atoms with Gasteiger partial charge < -0.3 is 10.2 Å². The molecule has 0 unspecified atom stereocenters. The molecule has 1 aromatic rings. The first kappa shape index (κ1) is 14.1. The van der Waals surface area contributed by atoms with Crippen LogP contribution in [0.5, 0.6) is 0 Å². The number of nitrogens with zero attached hydrogens (tertiary/aromatic N) is 2. The highest BCUT2D eigenvalue weighted by atomic mass is 32.1. The van der Waals surface area contributed by atoms with Crippen LogP contribution in [0, 0.1) is 11.8 Å². The lowest BCUT2D eigenvalue weighted by atomic mass is 9.79. The molecule has 0 aromatic carbocycles. The van der Waals surface area contributed by atoms with Crippen molar-refractivity contribution in [1.29, 1.82) is 0 Å². The van der Waals surface area contributed by atoms with Crippen LogP contribution in [0.2, 0.25) is 0 Å². The zero-order valence-electron chi connectivity index (χ0n) is 12.4. The van der Waals surface area contributed by atoms with Gasteiger partial charge >= 0.3 is 0 Å². The molecule has 21 heavy (non-hydrogen) atoms. The number of aromatic nitrogens is 1. The summed E-state index contributed by atoms with van der Waals surface area (Å²) in [6, 6.07) is 0. The van der Waals surface area contributed by atoms with Crippen LogP contribution < -0.4 is 0 Å². The fourth-order valence-corrected chi connectivity index (χ4v) is 5.50. The molecule has 116 valence electrons. The van der Waals surface area contributed by atoms with Crippen molar-refractivity contribution in [2.45, 2.75) is 57.3 Å². The molecule has 0 radical (unpaired) electrons. The lowest BCUT2D eigenvalue weighted by Crippen LogP contribution is -2.38. The van der Waals surface area contributed by atoms with Crippen molar-refractivity contribution in [1.82, 2.24) is 9.88 Å². The number of fused-ring (bicyclic) bond motifs is 2. The molecular weight excluding hydrogens is 284 g/mol. The highest BCUT2D eigenvalue weighted by Gasteiger charge is 2.41. The third-order valence-electron chi connectivity index (χ3n) is 5.43. The molecule has 4 atom stereocenters. The van der Waals surface area contributed by atoms with Crippen molar-refractivity contribution in [3.8, 4) is 0 Å². The number of hydrogen-bond acceptors (Lipinski definition) is 5. The Hall–Kier alpha value is -0.490. The first-order valence-corrected chi connectivity index (χ1v) is 9.06. The molecule has 2 fully saturated rings. The lowest BCUT2D eigenvalue weighted by molar-refractivity contribution is -0.0372. The monoisotopic (exact) mass is 308 g/mol. The molecule has 1 aliphatic heterocycles. The van der Waals surface area contributed by atoms with Crippen LogP contribution in [0.4, 0.5) is 0 Å². The van der Waals surface area contributed by atoms with Gasteiger partial charge in [0, 0.05) is 18.0 Å². The van der Waals surface area contributed by atoms with Gasteiger partial charge in [-0.1, -0.05) is 0 Å². The van der Waals surface area contributed by atoms with E-state index in [1.54, 1.807) is 0 Å². The molecule has 5 heteroatoms. The number of aryl methyl sites for hydroxylation is 2. The Balaban J connectivity index is 1.41. The van der Waals surface area contributed by atoms with Gasteiger partial charge in [-0.15, -0.1) is 11.3 Å². The van der Waals surface area contributed by atoms with Crippen LogP contribution in [0.15, 0.2) is 0 Å². The van der Waals surface area contributed by atoms with Gasteiger partial charge in [-0.3, -0.25) is 4.90 Å². The predicted molar refractivity (Wildman–Crippen MR) is 82.3 cm³/mol. The Morgan fingerprint density at radius 3 is 2.38 bits per heavy atom. The summed E-state index contributed by atoms with van der Waals surface area (Å²) in [6.07, 6.45) is 5.48. The van der Waals surface area contributed by atoms with Crippen LogP contribution in [0.25, 0.3) is 0 Å². The second kappa shape index (κ2) is 5.61. The normalized spacial score (nSPS) is 36.5. The molecule has 0 amide bonds. The fourth-order valence-electron chi connectivity index (χ4n) is 4.30. The highest BCUT2D eigenvalue weighted by Crippen LogP contribution is 2.37. The molecule has 2 aliphatic carbocycles. The van der Waals surface area contributed by atoms with Gasteiger partial charge in [0.05, 0.1) is 24.4 Å². The SMILES string of the molecule is O[C@H]1C[C@@H]2CN(Cc3nc4c(s3)CCCC4)C[C@@H]2C[C@@H]1O. The van der Waals surface area contributed by atoms with Crippen LogP contribution in [-0.2, 0) is 19.4 Å². The van der Waals surface area contributed by atoms with Crippen LogP contribution >= 0.6 is 11.3 Å². The van der Waals surface area contributed by atoms with Gasteiger partial charge in [-0.25, -0.2) is 4.98 Å². The Bertz CT molecular complexity index is 477. The van der Waals surface area contributed by atoms with Crippen LogP contribution in [-0.4, -0.2) is 45.4 Å². The van der Waals surface area contributed by atoms with E-state index in [2.05, 4.69) is 4.90 Å². The average molecular weight is 308 g/mol. The van der Waals surface area contributed by atoms with E-state index in [9.17, 15) is 10.2 Å². The summed E-state index contributed by atoms with van der Waals surface area (Å²) in [5, 5.41) is 20.9. The molecule has 0 spiro atoms. The number of likely N-dealkylation sites (tertiary alicyclic amines) is 1. The third-order valence-corrected chi connectivity index (χ3v) is 6.58. The van der Waals surface area contributed by atoms with E-state index in [-0.39, 0.29) is 0 Å². The Morgan fingerprint density at radius 1 is 1.05 bits per heavy atom. The van der Waals surface area contributed by atoms with Gasteiger partial charge in [0.1, 0.15) is 5.01 Å². The number of hydrogen-bond donors (Lipinski definition) is 2. The number of aliphatic hydroxyl groups is 2. The maximum atomic E-state index is 9.83. The Kier molecular flexibility index (Phi) is 3.78. The predicted octanol–water partition coefficient (Wildman–Crippen LogP) is 1.59. The highest BCUT2D eigenvalue weighted by molar-refractivity contribution is 7.11. The van der Waals surface area contributed by atoms with Gasteiger partial charge in [0.15, 0.2) is 0 Å². The summed E-state index contributed by atoms with van der Waals surface area (Å²) in [6.45, 7) is 3.06. The minimum Gasteiger partial charge on any atom is -0.390 e. The standard InChI is InChI=1S/C16H24N2O2S/c19-13-5-10-7-18(8-11(10)6-14(13)20)9-16-17-12-3-1-2-4-15(12)21-16/h10-11,13-14,19-20H,1-9H2/t10-,11+,13-,14-/m0/s1. The van der Waals surface area contributed by atoms with E-state index in [4.69, 9.17) is 4.98 Å². The molecule has 1 saturated carbocycles. The summed E-state index contributed by atoms with van der Waals surface area (Å²) in [4.78, 5) is 8.83. The second-order valence-electron chi connectivity index (χ2n) is 7.00. The minimum absolute atomic E-state index is 0.515. The molecule has 4 rings (SSSR count). The summed E-state index contributed by atoms with van der Waals surface area (Å²) in [5.74, 6) is 1.11. The molecule has 1 saturated heterocycles. The number of aliphatic hydroxyl groups excluding tert-OH is 2. The zero-order chi connectivity index (χ0) is 14.4. The zero-order valence-corrected chi connectivity index (χ0v) is 13.2. The van der Waals surface area contributed by atoms with E-state index < -0.39 is 12.2 Å². The van der Waals surface area contributed by atoms with Crippen LogP contribution in [0.3, 0.4) is 0 Å². The average Bonchev–Trinajstić information content (AvgIpc) is 3.02. The summed E-state index contributed by atoms with van der Waals surface area (Å²) in [7, 11) is 0. The van der Waals surface area contributed by atoms with E-state index in [1.165, 1.54) is 34.8 Å². The summed E-state index contributed by atoms with van der Waals surface area (Å²) in [5.41, 5.74) is 1.35. The second-order valence-corrected chi connectivity index (χ2v) is 8.17. The molecule has 0 bridgehead atoms. The van der Waals surface area contributed by atoms with E-state index in [0.29, 0.717) is 11.8 Å². The van der Waals surface area contributed by atoms with Crippen molar-refractivity contribution in [2.75, 3.05) is 13.1 Å². The van der Waals surface area contributed by atoms with Crippen molar-refractivity contribution < 1.29 is 10.2 Å². The number of thiazole rings is 1. The molecule has 3 aliphatic rings. The lowest BCUT2D eigenvalue weighted by Gasteiger charge is -2.32. The third kappa shape index (κ3) is 2.77. The van der Waals surface area contributed by atoms with Crippen molar-refractivity contribution in [3.05, 3.63) is 15.6 Å². The topological polar surface area (TPSA) is 56.6 Å².